The van der Waals surface area contributed by atoms with Gasteiger partial charge in [0.2, 0.25) is 5.91 Å². The van der Waals surface area contributed by atoms with Crippen LogP contribution in [-0.2, 0) is 4.79 Å². The number of anilines is 2. The van der Waals surface area contributed by atoms with E-state index < -0.39 is 0 Å². The first kappa shape index (κ1) is 20.2. The van der Waals surface area contributed by atoms with Crippen molar-refractivity contribution in [2.75, 3.05) is 10.6 Å². The Balaban J connectivity index is 1.49. The van der Waals surface area contributed by atoms with Crippen LogP contribution in [0.2, 0.25) is 5.02 Å². The van der Waals surface area contributed by atoms with Gasteiger partial charge in [0.15, 0.2) is 0 Å². The molecule has 30 heavy (non-hydrogen) atoms. The lowest BCUT2D eigenvalue weighted by Gasteiger charge is -2.12. The summed E-state index contributed by atoms with van der Waals surface area (Å²) in [6.07, 6.45) is 1.89. The van der Waals surface area contributed by atoms with Crippen molar-refractivity contribution in [3.05, 3.63) is 70.0 Å². The molecule has 0 saturated heterocycles. The van der Waals surface area contributed by atoms with Crippen LogP contribution in [0.3, 0.4) is 0 Å². The number of nitrogens with one attached hydrogen (secondary N) is 2. The van der Waals surface area contributed by atoms with Crippen molar-refractivity contribution in [2.24, 2.45) is 5.92 Å². The topological polar surface area (TPSA) is 76.0 Å². The maximum absolute atomic E-state index is 12.7. The van der Waals surface area contributed by atoms with Crippen LogP contribution >= 0.6 is 11.6 Å². The van der Waals surface area contributed by atoms with Gasteiger partial charge in [-0.05, 0) is 75.6 Å². The van der Waals surface area contributed by atoms with Crippen LogP contribution in [0.15, 0.2) is 42.5 Å². The third kappa shape index (κ3) is 4.09. The van der Waals surface area contributed by atoms with E-state index in [4.69, 9.17) is 11.6 Å². The van der Waals surface area contributed by atoms with Gasteiger partial charge in [0, 0.05) is 22.9 Å². The number of rotatable bonds is 5. The molecule has 2 N–H and O–H groups in total. The largest absolute Gasteiger partial charge is 0.326 e. The maximum atomic E-state index is 12.7. The summed E-state index contributed by atoms with van der Waals surface area (Å²) in [6.45, 7) is 5.68. The predicted molar refractivity (Wildman–Crippen MR) is 119 cm³/mol. The number of halogens is 1. The van der Waals surface area contributed by atoms with Gasteiger partial charge < -0.3 is 10.6 Å². The molecule has 0 radical (unpaired) electrons. The van der Waals surface area contributed by atoms with Crippen LogP contribution in [0.1, 0.15) is 40.2 Å². The number of hydrogen-bond acceptors (Lipinski definition) is 3. The Kier molecular flexibility index (Phi) is 5.35. The van der Waals surface area contributed by atoms with Gasteiger partial charge in [0.05, 0.1) is 22.1 Å². The smallest absolute Gasteiger partial charge is 0.255 e. The number of carbonyl (C=O) groups excluding carboxylic acids is 2. The highest BCUT2D eigenvalue weighted by atomic mass is 35.5. The van der Waals surface area contributed by atoms with Crippen LogP contribution in [0.25, 0.3) is 5.69 Å². The molecule has 1 aliphatic carbocycles. The van der Waals surface area contributed by atoms with E-state index in [1.807, 2.05) is 45.0 Å². The monoisotopic (exact) mass is 422 g/mol. The van der Waals surface area contributed by atoms with E-state index in [0.29, 0.717) is 22.0 Å². The Morgan fingerprint density at radius 1 is 1.03 bits per heavy atom. The molecule has 0 bridgehead atoms. The number of nitrogens with zero attached hydrogens (tertiary/aromatic N) is 2. The summed E-state index contributed by atoms with van der Waals surface area (Å²) in [7, 11) is 0. The number of amides is 2. The molecule has 1 saturated carbocycles. The normalized spacial score (nSPS) is 13.2. The predicted octanol–water partition coefficient (Wildman–Crippen LogP) is 5.05. The summed E-state index contributed by atoms with van der Waals surface area (Å²) in [4.78, 5) is 24.7. The quantitative estimate of drug-likeness (QED) is 0.603. The molecule has 4 rings (SSSR count). The highest BCUT2D eigenvalue weighted by Crippen LogP contribution is 2.31. The molecule has 154 valence electrons. The molecule has 6 nitrogen and oxygen atoms in total. The van der Waals surface area contributed by atoms with E-state index in [0.717, 1.165) is 35.5 Å². The van der Waals surface area contributed by atoms with Crippen molar-refractivity contribution in [1.82, 2.24) is 9.78 Å². The summed E-state index contributed by atoms with van der Waals surface area (Å²) in [5.41, 5.74) is 5.25. The van der Waals surface area contributed by atoms with Gasteiger partial charge in [-0.2, -0.15) is 5.10 Å². The SMILES string of the molecule is Cc1ccc(NC(=O)C2CC2)cc1NC(=O)c1ccc(-n2nc(C)c(Cl)c2C)cc1. The van der Waals surface area contributed by atoms with Gasteiger partial charge in [0.25, 0.3) is 5.91 Å². The Labute approximate surface area is 180 Å². The highest BCUT2D eigenvalue weighted by molar-refractivity contribution is 6.31. The standard InChI is InChI=1S/C23H23ClN4O2/c1-13-4-9-18(25-22(29)16-5-6-16)12-20(13)26-23(30)17-7-10-19(11-8-17)28-15(3)21(24)14(2)27-28/h4,7-12,16H,5-6H2,1-3H3,(H,25,29)(H,26,30). The first-order valence-electron chi connectivity index (χ1n) is 9.88. The van der Waals surface area contributed by atoms with E-state index in [1.54, 1.807) is 22.9 Å². The van der Waals surface area contributed by atoms with Crippen LogP contribution in [0.5, 0.6) is 0 Å². The molecular weight excluding hydrogens is 400 g/mol. The Morgan fingerprint density at radius 3 is 2.33 bits per heavy atom. The zero-order valence-corrected chi connectivity index (χ0v) is 17.9. The molecular formula is C23H23ClN4O2. The van der Waals surface area contributed by atoms with Crippen molar-refractivity contribution < 1.29 is 9.59 Å². The molecule has 1 aromatic heterocycles. The molecule has 1 fully saturated rings. The molecule has 1 aliphatic rings. The van der Waals surface area contributed by atoms with Crippen molar-refractivity contribution in [1.29, 1.82) is 0 Å². The Bertz CT molecular complexity index is 1130. The zero-order valence-electron chi connectivity index (χ0n) is 17.1. The van der Waals surface area contributed by atoms with Crippen LogP contribution in [0.4, 0.5) is 11.4 Å². The summed E-state index contributed by atoms with van der Waals surface area (Å²) in [5.74, 6) is -0.0577. The second-order valence-electron chi connectivity index (χ2n) is 7.69. The summed E-state index contributed by atoms with van der Waals surface area (Å²) in [5, 5.41) is 10.9. The minimum Gasteiger partial charge on any atom is -0.326 e. The molecule has 0 spiro atoms. The van der Waals surface area contributed by atoms with Crippen molar-refractivity contribution in [2.45, 2.75) is 33.6 Å². The van der Waals surface area contributed by atoms with E-state index in [9.17, 15) is 9.59 Å². The highest BCUT2D eigenvalue weighted by Gasteiger charge is 2.29. The molecule has 1 heterocycles. The fourth-order valence-corrected chi connectivity index (χ4v) is 3.37. The van der Waals surface area contributed by atoms with E-state index in [2.05, 4.69) is 15.7 Å². The lowest BCUT2D eigenvalue weighted by atomic mass is 10.1. The first-order chi connectivity index (χ1) is 14.3. The molecule has 7 heteroatoms. The van der Waals surface area contributed by atoms with Gasteiger partial charge in [0.1, 0.15) is 0 Å². The molecule has 0 aliphatic heterocycles. The summed E-state index contributed by atoms with van der Waals surface area (Å²) in [6, 6.07) is 12.7. The van der Waals surface area contributed by atoms with E-state index >= 15 is 0 Å². The van der Waals surface area contributed by atoms with Crippen LogP contribution in [0, 0.1) is 26.7 Å². The second kappa shape index (κ2) is 7.95. The third-order valence-corrected chi connectivity index (χ3v) is 5.83. The molecule has 2 amide bonds. The lowest BCUT2D eigenvalue weighted by Crippen LogP contribution is -2.15. The zero-order chi connectivity index (χ0) is 21.4. The second-order valence-corrected chi connectivity index (χ2v) is 8.07. The van der Waals surface area contributed by atoms with Gasteiger partial charge in [-0.15, -0.1) is 0 Å². The van der Waals surface area contributed by atoms with Gasteiger partial charge in [-0.1, -0.05) is 17.7 Å². The van der Waals surface area contributed by atoms with Gasteiger partial charge in [-0.25, -0.2) is 4.68 Å². The van der Waals surface area contributed by atoms with Crippen LogP contribution < -0.4 is 10.6 Å². The number of aryl methyl sites for hydroxylation is 2. The summed E-state index contributed by atoms with van der Waals surface area (Å²) < 4.78 is 1.76. The van der Waals surface area contributed by atoms with Crippen molar-refractivity contribution in [3.8, 4) is 5.69 Å². The fourth-order valence-electron chi connectivity index (χ4n) is 3.25. The third-order valence-electron chi connectivity index (χ3n) is 5.28. The minimum absolute atomic E-state index is 0.0379. The molecule has 3 aromatic rings. The number of hydrogen-bond donors (Lipinski definition) is 2. The average Bonchev–Trinajstić information content (AvgIpc) is 3.55. The molecule has 0 atom stereocenters. The molecule has 2 aromatic carbocycles. The average molecular weight is 423 g/mol. The van der Waals surface area contributed by atoms with Gasteiger partial charge in [-0.3, -0.25) is 9.59 Å². The minimum atomic E-state index is -0.221. The Morgan fingerprint density at radius 2 is 1.73 bits per heavy atom. The maximum Gasteiger partial charge on any atom is 0.255 e. The van der Waals surface area contributed by atoms with E-state index in [1.165, 1.54) is 0 Å². The van der Waals surface area contributed by atoms with Gasteiger partial charge >= 0.3 is 0 Å². The number of aromatic nitrogens is 2. The van der Waals surface area contributed by atoms with Crippen LogP contribution in [-0.4, -0.2) is 21.6 Å². The molecule has 0 unspecified atom stereocenters. The van der Waals surface area contributed by atoms with Crippen molar-refractivity contribution in [3.63, 3.8) is 0 Å². The number of benzene rings is 2. The van der Waals surface area contributed by atoms with Crippen molar-refractivity contribution >= 4 is 34.8 Å². The fraction of sp³-hybridized carbons (Fsp3) is 0.261. The number of carbonyl (C=O) groups is 2. The summed E-state index contributed by atoms with van der Waals surface area (Å²) >= 11 is 6.23. The first-order valence-corrected chi connectivity index (χ1v) is 10.3. The van der Waals surface area contributed by atoms with E-state index in [-0.39, 0.29) is 17.7 Å². The lowest BCUT2D eigenvalue weighted by molar-refractivity contribution is -0.117. The Hall–Kier alpha value is -3.12.